The molecule has 0 atom stereocenters. The lowest BCUT2D eigenvalue weighted by molar-refractivity contribution is 0.415. The standard InChI is InChI=1S/C18H19N5O2/c1-25-14-3-2-13-11-20-22-18(15(13)10-14)23-8-5-12(6-9-23)17-19-7-4-16(24)21-17/h2-4,7,10-12H,5-6,8-9H2,1H3,(H,19,21,24). The highest BCUT2D eigenvalue weighted by Crippen LogP contribution is 2.32. The third kappa shape index (κ3) is 3.05. The summed E-state index contributed by atoms with van der Waals surface area (Å²) in [6.45, 7) is 1.68. The molecule has 0 unspecified atom stereocenters. The van der Waals surface area contributed by atoms with Crippen LogP contribution in [0.25, 0.3) is 10.8 Å². The fraction of sp³-hybridized carbons (Fsp3) is 0.333. The Labute approximate surface area is 144 Å². The van der Waals surface area contributed by atoms with E-state index in [1.165, 1.54) is 6.07 Å². The van der Waals surface area contributed by atoms with Gasteiger partial charge >= 0.3 is 0 Å². The summed E-state index contributed by atoms with van der Waals surface area (Å²) in [7, 11) is 1.66. The Balaban J connectivity index is 1.58. The van der Waals surface area contributed by atoms with E-state index in [1.807, 2.05) is 18.2 Å². The number of ether oxygens (including phenoxy) is 1. The van der Waals surface area contributed by atoms with E-state index in [0.717, 1.165) is 54.1 Å². The minimum absolute atomic E-state index is 0.0977. The second-order valence-electron chi connectivity index (χ2n) is 6.20. The number of anilines is 1. The summed E-state index contributed by atoms with van der Waals surface area (Å²) < 4.78 is 5.34. The maximum Gasteiger partial charge on any atom is 0.250 e. The SMILES string of the molecule is COc1ccc2cnnc(N3CCC(c4nccc(=O)[nH]4)CC3)c2c1. The number of nitrogens with zero attached hydrogens (tertiary/aromatic N) is 4. The van der Waals surface area contributed by atoms with Gasteiger partial charge in [-0.3, -0.25) is 4.79 Å². The summed E-state index contributed by atoms with van der Waals surface area (Å²) in [5.74, 6) is 2.73. The Kier molecular flexibility index (Phi) is 4.05. The van der Waals surface area contributed by atoms with E-state index in [0.29, 0.717) is 0 Å². The first-order valence-corrected chi connectivity index (χ1v) is 8.34. The van der Waals surface area contributed by atoms with Crippen molar-refractivity contribution in [2.24, 2.45) is 0 Å². The lowest BCUT2D eigenvalue weighted by Gasteiger charge is -2.32. The normalized spacial score (nSPS) is 15.5. The molecule has 0 saturated carbocycles. The summed E-state index contributed by atoms with van der Waals surface area (Å²) in [5, 5.41) is 10.6. The largest absolute Gasteiger partial charge is 0.497 e. The summed E-state index contributed by atoms with van der Waals surface area (Å²) in [6.07, 6.45) is 5.16. The predicted molar refractivity (Wildman–Crippen MR) is 95.1 cm³/mol. The van der Waals surface area contributed by atoms with Crippen molar-refractivity contribution in [3.63, 3.8) is 0 Å². The van der Waals surface area contributed by atoms with Crippen LogP contribution in [-0.2, 0) is 0 Å². The number of H-pyrrole nitrogens is 1. The maximum absolute atomic E-state index is 11.5. The quantitative estimate of drug-likeness (QED) is 0.788. The van der Waals surface area contributed by atoms with Crippen LogP contribution in [0.15, 0.2) is 41.5 Å². The van der Waals surface area contributed by atoms with Crippen LogP contribution >= 0.6 is 0 Å². The molecule has 1 fully saturated rings. The number of aromatic nitrogens is 4. The highest BCUT2D eigenvalue weighted by Gasteiger charge is 2.24. The molecule has 7 nitrogen and oxygen atoms in total. The molecule has 0 radical (unpaired) electrons. The van der Waals surface area contributed by atoms with Gasteiger partial charge in [0.2, 0.25) is 0 Å². The number of hydrogen-bond donors (Lipinski definition) is 1. The van der Waals surface area contributed by atoms with E-state index in [1.54, 1.807) is 19.5 Å². The van der Waals surface area contributed by atoms with Gasteiger partial charge < -0.3 is 14.6 Å². The van der Waals surface area contributed by atoms with Gasteiger partial charge in [0.1, 0.15) is 11.6 Å². The average Bonchev–Trinajstić information content (AvgIpc) is 2.67. The van der Waals surface area contributed by atoms with Crippen LogP contribution < -0.4 is 15.2 Å². The molecule has 0 amide bonds. The summed E-state index contributed by atoms with van der Waals surface area (Å²) in [5.41, 5.74) is -0.0977. The van der Waals surface area contributed by atoms with E-state index in [-0.39, 0.29) is 11.5 Å². The molecule has 7 heteroatoms. The van der Waals surface area contributed by atoms with Gasteiger partial charge in [-0.1, -0.05) is 0 Å². The Hall–Kier alpha value is -2.96. The Bertz CT molecular complexity index is 947. The zero-order chi connectivity index (χ0) is 17.2. The van der Waals surface area contributed by atoms with Gasteiger partial charge in [0, 0.05) is 42.0 Å². The van der Waals surface area contributed by atoms with Crippen LogP contribution in [0.4, 0.5) is 5.82 Å². The average molecular weight is 337 g/mol. The van der Waals surface area contributed by atoms with Gasteiger partial charge in [-0.2, -0.15) is 5.10 Å². The first-order chi connectivity index (χ1) is 12.2. The van der Waals surface area contributed by atoms with Crippen molar-refractivity contribution in [1.29, 1.82) is 0 Å². The molecular weight excluding hydrogens is 318 g/mol. The second kappa shape index (κ2) is 6.51. The van der Waals surface area contributed by atoms with Gasteiger partial charge in [0.25, 0.3) is 5.56 Å². The molecule has 1 aliphatic rings. The van der Waals surface area contributed by atoms with Crippen LogP contribution in [-0.4, -0.2) is 40.4 Å². The second-order valence-corrected chi connectivity index (χ2v) is 6.20. The van der Waals surface area contributed by atoms with Crippen molar-refractivity contribution >= 4 is 16.6 Å². The zero-order valence-corrected chi connectivity index (χ0v) is 14.0. The first-order valence-electron chi connectivity index (χ1n) is 8.34. The van der Waals surface area contributed by atoms with Gasteiger partial charge in [-0.05, 0) is 31.0 Å². The van der Waals surface area contributed by atoms with Crippen molar-refractivity contribution in [1.82, 2.24) is 20.2 Å². The first kappa shape index (κ1) is 15.6. The Morgan fingerprint density at radius 1 is 1.24 bits per heavy atom. The number of fused-ring (bicyclic) bond motifs is 1. The van der Waals surface area contributed by atoms with Crippen molar-refractivity contribution in [3.8, 4) is 5.75 Å². The topological polar surface area (TPSA) is 84.0 Å². The van der Waals surface area contributed by atoms with Crippen LogP contribution in [0.5, 0.6) is 5.75 Å². The third-order valence-corrected chi connectivity index (χ3v) is 4.72. The fourth-order valence-electron chi connectivity index (χ4n) is 3.36. The van der Waals surface area contributed by atoms with Crippen LogP contribution in [0.3, 0.4) is 0 Å². The van der Waals surface area contributed by atoms with Gasteiger partial charge in [0.05, 0.1) is 13.3 Å². The van der Waals surface area contributed by atoms with E-state index in [2.05, 4.69) is 25.1 Å². The molecule has 0 aliphatic carbocycles. The van der Waals surface area contributed by atoms with Crippen molar-refractivity contribution in [3.05, 3.63) is 52.8 Å². The molecule has 0 bridgehead atoms. The van der Waals surface area contributed by atoms with Gasteiger partial charge in [-0.15, -0.1) is 5.10 Å². The summed E-state index contributed by atoms with van der Waals surface area (Å²) in [4.78, 5) is 20.9. The lowest BCUT2D eigenvalue weighted by atomic mass is 9.95. The Morgan fingerprint density at radius 2 is 2.08 bits per heavy atom. The number of benzene rings is 1. The smallest absolute Gasteiger partial charge is 0.250 e. The Morgan fingerprint density at radius 3 is 2.84 bits per heavy atom. The zero-order valence-electron chi connectivity index (χ0n) is 14.0. The molecule has 1 saturated heterocycles. The molecule has 1 N–H and O–H groups in total. The van der Waals surface area contributed by atoms with E-state index in [9.17, 15) is 4.79 Å². The molecule has 1 aromatic carbocycles. The minimum Gasteiger partial charge on any atom is -0.497 e. The molecule has 1 aliphatic heterocycles. The number of methoxy groups -OCH3 is 1. The lowest BCUT2D eigenvalue weighted by Crippen LogP contribution is -2.34. The fourth-order valence-corrected chi connectivity index (χ4v) is 3.36. The minimum atomic E-state index is -0.0977. The monoisotopic (exact) mass is 337 g/mol. The van der Waals surface area contributed by atoms with Crippen molar-refractivity contribution in [2.45, 2.75) is 18.8 Å². The summed E-state index contributed by atoms with van der Waals surface area (Å²) in [6, 6.07) is 7.37. The predicted octanol–water partition coefficient (Wildman–Crippen LogP) is 2.11. The molecular formula is C18H19N5O2. The van der Waals surface area contributed by atoms with Gasteiger partial charge in [0.15, 0.2) is 5.82 Å². The van der Waals surface area contributed by atoms with Crippen molar-refractivity contribution < 1.29 is 4.74 Å². The van der Waals surface area contributed by atoms with E-state index in [4.69, 9.17) is 4.74 Å². The molecule has 128 valence electrons. The molecule has 2 aromatic heterocycles. The molecule has 0 spiro atoms. The van der Waals surface area contributed by atoms with Crippen molar-refractivity contribution in [2.75, 3.05) is 25.1 Å². The number of aromatic amines is 1. The maximum atomic E-state index is 11.5. The van der Waals surface area contributed by atoms with Crippen LogP contribution in [0.2, 0.25) is 0 Å². The summed E-state index contributed by atoms with van der Waals surface area (Å²) >= 11 is 0. The number of nitrogens with one attached hydrogen (secondary N) is 1. The third-order valence-electron chi connectivity index (χ3n) is 4.72. The molecule has 3 heterocycles. The molecule has 25 heavy (non-hydrogen) atoms. The molecule has 3 aromatic rings. The van der Waals surface area contributed by atoms with Gasteiger partial charge in [-0.25, -0.2) is 4.98 Å². The highest BCUT2D eigenvalue weighted by atomic mass is 16.5. The van der Waals surface area contributed by atoms with Crippen LogP contribution in [0.1, 0.15) is 24.6 Å². The highest BCUT2D eigenvalue weighted by molar-refractivity contribution is 5.92. The molecule has 4 rings (SSSR count). The van der Waals surface area contributed by atoms with E-state index >= 15 is 0 Å². The number of piperidine rings is 1. The number of hydrogen-bond acceptors (Lipinski definition) is 6. The van der Waals surface area contributed by atoms with Crippen LogP contribution in [0, 0.1) is 0 Å². The van der Waals surface area contributed by atoms with E-state index < -0.39 is 0 Å². The number of rotatable bonds is 3.